The molecule has 21 heavy (non-hydrogen) atoms. The maximum Gasteiger partial charge on any atom is 0.411 e. The molecule has 0 aliphatic carbocycles. The van der Waals surface area contributed by atoms with Gasteiger partial charge in [-0.15, -0.1) is 0 Å². The molecule has 0 radical (unpaired) electrons. The van der Waals surface area contributed by atoms with Crippen LogP contribution < -0.4 is 10.1 Å². The summed E-state index contributed by atoms with van der Waals surface area (Å²) >= 11 is 0. The van der Waals surface area contributed by atoms with E-state index in [1.807, 2.05) is 30.3 Å². The molecule has 2 rings (SSSR count). The van der Waals surface area contributed by atoms with Crippen molar-refractivity contribution in [1.29, 1.82) is 0 Å². The minimum atomic E-state index is -0.536. The quantitative estimate of drug-likeness (QED) is 0.880. The number of rotatable bonds is 6. The standard InChI is InChI=1S/C16H16FNO3/c17-10-11-20-15-8-6-14(7-9-15)18-16(19)21-12-13-4-2-1-3-5-13/h1-9H,10-12H2,(H,18,19). The first-order chi connectivity index (χ1) is 10.3. The van der Waals surface area contributed by atoms with Gasteiger partial charge in [-0.2, -0.15) is 0 Å². The van der Waals surface area contributed by atoms with E-state index in [0.717, 1.165) is 5.56 Å². The summed E-state index contributed by atoms with van der Waals surface area (Å²) in [6.45, 7) is -0.303. The molecule has 0 saturated carbocycles. The van der Waals surface area contributed by atoms with Crippen molar-refractivity contribution < 1.29 is 18.7 Å². The molecular formula is C16H16FNO3. The van der Waals surface area contributed by atoms with Crippen LogP contribution in [0.25, 0.3) is 0 Å². The molecule has 4 nitrogen and oxygen atoms in total. The fourth-order valence-electron chi connectivity index (χ4n) is 1.67. The predicted octanol–water partition coefficient (Wildman–Crippen LogP) is 3.78. The van der Waals surface area contributed by atoms with Crippen LogP contribution >= 0.6 is 0 Å². The van der Waals surface area contributed by atoms with Gasteiger partial charge in [-0.3, -0.25) is 5.32 Å². The van der Waals surface area contributed by atoms with Crippen molar-refractivity contribution in [3.05, 3.63) is 60.2 Å². The number of hydrogen-bond acceptors (Lipinski definition) is 3. The third-order valence-corrected chi connectivity index (χ3v) is 2.66. The summed E-state index contributed by atoms with van der Waals surface area (Å²) in [6, 6.07) is 16.1. The Morgan fingerprint density at radius 2 is 1.76 bits per heavy atom. The van der Waals surface area contributed by atoms with Crippen LogP contribution in [0.5, 0.6) is 5.75 Å². The Balaban J connectivity index is 1.79. The normalized spacial score (nSPS) is 9.95. The molecule has 0 spiro atoms. The summed E-state index contributed by atoms with van der Waals surface area (Å²) in [5.74, 6) is 0.552. The molecule has 1 amide bonds. The van der Waals surface area contributed by atoms with E-state index in [1.54, 1.807) is 24.3 Å². The van der Waals surface area contributed by atoms with Crippen LogP contribution in [0.1, 0.15) is 5.56 Å². The Bertz CT molecular complexity index is 557. The third-order valence-electron chi connectivity index (χ3n) is 2.66. The van der Waals surface area contributed by atoms with E-state index in [9.17, 15) is 9.18 Å². The zero-order valence-corrected chi connectivity index (χ0v) is 11.4. The van der Waals surface area contributed by atoms with Crippen LogP contribution in [-0.4, -0.2) is 19.4 Å². The van der Waals surface area contributed by atoms with E-state index in [0.29, 0.717) is 11.4 Å². The number of benzene rings is 2. The van der Waals surface area contributed by atoms with Crippen molar-refractivity contribution in [2.24, 2.45) is 0 Å². The number of alkyl halides is 1. The molecule has 110 valence electrons. The highest BCUT2D eigenvalue weighted by Crippen LogP contribution is 2.16. The average molecular weight is 289 g/mol. The second-order valence-electron chi connectivity index (χ2n) is 4.25. The minimum Gasteiger partial charge on any atom is -0.491 e. The van der Waals surface area contributed by atoms with Crippen molar-refractivity contribution >= 4 is 11.8 Å². The van der Waals surface area contributed by atoms with E-state index >= 15 is 0 Å². The molecule has 0 aliphatic rings. The molecule has 0 saturated heterocycles. The van der Waals surface area contributed by atoms with E-state index in [1.165, 1.54) is 0 Å². The lowest BCUT2D eigenvalue weighted by Crippen LogP contribution is -2.13. The lowest BCUT2D eigenvalue weighted by molar-refractivity contribution is 0.155. The zero-order valence-electron chi connectivity index (χ0n) is 11.4. The molecule has 0 heterocycles. The van der Waals surface area contributed by atoms with Crippen molar-refractivity contribution in [1.82, 2.24) is 0 Å². The van der Waals surface area contributed by atoms with Crippen LogP contribution in [0, 0.1) is 0 Å². The molecule has 0 bridgehead atoms. The summed E-state index contributed by atoms with van der Waals surface area (Å²) in [5, 5.41) is 2.60. The molecule has 2 aromatic carbocycles. The molecule has 2 aromatic rings. The van der Waals surface area contributed by atoms with E-state index < -0.39 is 12.8 Å². The number of nitrogens with one attached hydrogen (secondary N) is 1. The van der Waals surface area contributed by atoms with Crippen molar-refractivity contribution in [3.8, 4) is 5.75 Å². The van der Waals surface area contributed by atoms with Gasteiger partial charge in [0.1, 0.15) is 25.6 Å². The Labute approximate surface area is 122 Å². The molecule has 0 atom stereocenters. The van der Waals surface area contributed by atoms with Crippen LogP contribution in [0.2, 0.25) is 0 Å². The smallest absolute Gasteiger partial charge is 0.411 e. The number of halogens is 1. The second kappa shape index (κ2) is 7.89. The largest absolute Gasteiger partial charge is 0.491 e. The van der Waals surface area contributed by atoms with Gasteiger partial charge < -0.3 is 9.47 Å². The summed E-state index contributed by atoms with van der Waals surface area (Å²) in [4.78, 5) is 11.6. The van der Waals surface area contributed by atoms with Gasteiger partial charge >= 0.3 is 6.09 Å². The Morgan fingerprint density at radius 3 is 2.43 bits per heavy atom. The van der Waals surface area contributed by atoms with Crippen LogP contribution in [-0.2, 0) is 11.3 Å². The minimum absolute atomic E-state index is 0.0197. The fraction of sp³-hybridized carbons (Fsp3) is 0.188. The van der Waals surface area contributed by atoms with Gasteiger partial charge in [-0.05, 0) is 29.8 Å². The van der Waals surface area contributed by atoms with Crippen LogP contribution in [0.3, 0.4) is 0 Å². The Kier molecular flexibility index (Phi) is 5.58. The maximum absolute atomic E-state index is 12.0. The summed E-state index contributed by atoms with van der Waals surface area (Å²) in [6.07, 6.45) is -0.531. The lowest BCUT2D eigenvalue weighted by Gasteiger charge is -2.08. The van der Waals surface area contributed by atoms with Crippen molar-refractivity contribution in [2.75, 3.05) is 18.6 Å². The number of carbonyl (C=O) groups is 1. The summed E-state index contributed by atoms with van der Waals surface area (Å²) in [7, 11) is 0. The summed E-state index contributed by atoms with van der Waals surface area (Å²) < 4.78 is 22.2. The van der Waals surface area contributed by atoms with Gasteiger partial charge in [0.2, 0.25) is 0 Å². The van der Waals surface area contributed by atoms with Gasteiger partial charge in [-0.25, -0.2) is 9.18 Å². The number of hydrogen-bond donors (Lipinski definition) is 1. The van der Waals surface area contributed by atoms with Gasteiger partial charge in [-0.1, -0.05) is 30.3 Å². The first kappa shape index (κ1) is 14.8. The molecule has 1 N–H and O–H groups in total. The van der Waals surface area contributed by atoms with Crippen molar-refractivity contribution in [2.45, 2.75) is 6.61 Å². The highest BCUT2D eigenvalue weighted by molar-refractivity contribution is 5.84. The first-order valence-electron chi connectivity index (χ1n) is 6.54. The van der Waals surface area contributed by atoms with E-state index in [-0.39, 0.29) is 13.2 Å². The highest BCUT2D eigenvalue weighted by atomic mass is 19.1. The SMILES string of the molecule is O=C(Nc1ccc(OCCF)cc1)OCc1ccccc1. The zero-order chi connectivity index (χ0) is 14.9. The molecule has 0 aromatic heterocycles. The Morgan fingerprint density at radius 1 is 1.05 bits per heavy atom. The number of ether oxygens (including phenoxy) is 2. The predicted molar refractivity (Wildman–Crippen MR) is 78.2 cm³/mol. The lowest BCUT2D eigenvalue weighted by atomic mass is 10.2. The average Bonchev–Trinajstić information content (AvgIpc) is 2.53. The Hall–Kier alpha value is -2.56. The van der Waals surface area contributed by atoms with Crippen LogP contribution in [0.15, 0.2) is 54.6 Å². The molecule has 0 aliphatic heterocycles. The van der Waals surface area contributed by atoms with Gasteiger partial charge in [0, 0.05) is 5.69 Å². The molecular weight excluding hydrogens is 273 g/mol. The van der Waals surface area contributed by atoms with Gasteiger partial charge in [0.05, 0.1) is 0 Å². The van der Waals surface area contributed by atoms with Crippen molar-refractivity contribution in [3.63, 3.8) is 0 Å². The number of amides is 1. The van der Waals surface area contributed by atoms with E-state index in [4.69, 9.17) is 9.47 Å². The van der Waals surface area contributed by atoms with Crippen LogP contribution in [0.4, 0.5) is 14.9 Å². The summed E-state index contributed by atoms with van der Waals surface area (Å²) in [5.41, 5.74) is 1.50. The molecule has 0 fully saturated rings. The van der Waals surface area contributed by atoms with Gasteiger partial charge in [0.15, 0.2) is 0 Å². The fourth-order valence-corrected chi connectivity index (χ4v) is 1.67. The van der Waals surface area contributed by atoms with E-state index in [2.05, 4.69) is 5.32 Å². The highest BCUT2D eigenvalue weighted by Gasteiger charge is 2.04. The number of anilines is 1. The second-order valence-corrected chi connectivity index (χ2v) is 4.25. The maximum atomic E-state index is 12.0. The molecule has 5 heteroatoms. The third kappa shape index (κ3) is 5.14. The first-order valence-corrected chi connectivity index (χ1v) is 6.54. The molecule has 0 unspecified atom stereocenters. The topological polar surface area (TPSA) is 47.6 Å². The number of carbonyl (C=O) groups excluding carboxylic acids is 1. The van der Waals surface area contributed by atoms with Gasteiger partial charge in [0.25, 0.3) is 0 Å². The monoisotopic (exact) mass is 289 g/mol.